The van der Waals surface area contributed by atoms with Crippen molar-refractivity contribution in [1.29, 1.82) is 0 Å². The van der Waals surface area contributed by atoms with Crippen molar-refractivity contribution in [3.05, 3.63) is 0 Å². The summed E-state index contributed by atoms with van der Waals surface area (Å²) >= 11 is 0. The lowest BCUT2D eigenvalue weighted by atomic mass is 9.95. The van der Waals surface area contributed by atoms with Gasteiger partial charge in [-0.25, -0.2) is 9.59 Å². The Balaban J connectivity index is 2.12. The van der Waals surface area contributed by atoms with Gasteiger partial charge in [-0.1, -0.05) is 85.5 Å². The molecule has 0 spiro atoms. The lowest BCUT2D eigenvalue weighted by Gasteiger charge is -2.28. The van der Waals surface area contributed by atoms with Crippen molar-refractivity contribution in [2.45, 2.75) is 136 Å². The van der Waals surface area contributed by atoms with E-state index in [1.165, 1.54) is 32.1 Å². The fraction of sp³-hybridized carbons (Fsp3) is 0.926. The van der Waals surface area contributed by atoms with E-state index < -0.39 is 12.3 Å². The number of carbonyl (C=O) groups is 2. The highest BCUT2D eigenvalue weighted by Crippen LogP contribution is 2.25. The molecule has 1 saturated carbocycles. The molecular weight excluding hydrogens is 420 g/mol. The molecule has 3 unspecified atom stereocenters. The van der Waals surface area contributed by atoms with Crippen molar-refractivity contribution in [3.8, 4) is 0 Å². The number of hydrogen-bond acceptors (Lipinski definition) is 6. The number of rotatable bonds is 17. The Labute approximate surface area is 202 Å². The SMILES string of the molecule is CCCCC(CC)COC(=O)OC1CCCC(OC(=O)OCCCCCCCCC(C)C)C1. The van der Waals surface area contributed by atoms with Gasteiger partial charge >= 0.3 is 12.3 Å². The molecule has 0 aromatic carbocycles. The van der Waals surface area contributed by atoms with Gasteiger partial charge in [0.2, 0.25) is 0 Å². The monoisotopic (exact) mass is 470 g/mol. The Bertz CT molecular complexity index is 507. The average molecular weight is 471 g/mol. The molecule has 0 N–H and O–H groups in total. The Kier molecular flexibility index (Phi) is 16.9. The summed E-state index contributed by atoms with van der Waals surface area (Å²) < 4.78 is 21.5. The van der Waals surface area contributed by atoms with Crippen LogP contribution >= 0.6 is 0 Å². The predicted octanol–water partition coefficient (Wildman–Crippen LogP) is 8.21. The van der Waals surface area contributed by atoms with Gasteiger partial charge in [0.05, 0.1) is 13.2 Å². The number of carbonyl (C=O) groups excluding carboxylic acids is 2. The van der Waals surface area contributed by atoms with Crippen LogP contribution in [0.2, 0.25) is 0 Å². The predicted molar refractivity (Wildman–Crippen MR) is 131 cm³/mol. The minimum atomic E-state index is -0.609. The van der Waals surface area contributed by atoms with Crippen LogP contribution in [-0.2, 0) is 18.9 Å². The van der Waals surface area contributed by atoms with Gasteiger partial charge in [-0.05, 0) is 43.9 Å². The smallest absolute Gasteiger partial charge is 0.434 e. The van der Waals surface area contributed by atoms with Crippen molar-refractivity contribution >= 4 is 12.3 Å². The van der Waals surface area contributed by atoms with Crippen LogP contribution in [0.3, 0.4) is 0 Å². The third-order valence-electron chi connectivity index (χ3n) is 6.48. The second-order valence-electron chi connectivity index (χ2n) is 10.0. The first-order valence-electron chi connectivity index (χ1n) is 13.6. The standard InChI is InChI=1S/C27H50O6/c1-5-7-16-23(6-2)21-31-27(29)33-25-18-14-17-24(20-25)32-26(28)30-19-13-11-9-8-10-12-15-22(3)4/h22-25H,5-21H2,1-4H3. The topological polar surface area (TPSA) is 71.1 Å². The van der Waals surface area contributed by atoms with Gasteiger partial charge in [0.1, 0.15) is 12.2 Å². The summed E-state index contributed by atoms with van der Waals surface area (Å²) in [6.07, 6.45) is 13.8. The van der Waals surface area contributed by atoms with E-state index in [2.05, 4.69) is 27.7 Å². The Morgan fingerprint density at radius 3 is 2.00 bits per heavy atom. The van der Waals surface area contributed by atoms with E-state index in [9.17, 15) is 9.59 Å². The van der Waals surface area contributed by atoms with Crippen molar-refractivity contribution in [3.63, 3.8) is 0 Å². The Morgan fingerprint density at radius 1 is 0.788 bits per heavy atom. The molecule has 194 valence electrons. The molecular formula is C27H50O6. The highest BCUT2D eigenvalue weighted by Gasteiger charge is 2.28. The molecule has 0 saturated heterocycles. The minimum absolute atomic E-state index is 0.266. The molecule has 0 aromatic heterocycles. The van der Waals surface area contributed by atoms with E-state index in [1.54, 1.807) is 0 Å². The highest BCUT2D eigenvalue weighted by molar-refractivity contribution is 5.60. The Hall–Kier alpha value is -1.46. The third-order valence-corrected chi connectivity index (χ3v) is 6.48. The van der Waals surface area contributed by atoms with Gasteiger partial charge in [-0.2, -0.15) is 0 Å². The van der Waals surface area contributed by atoms with Crippen LogP contribution in [0.1, 0.15) is 124 Å². The zero-order valence-corrected chi connectivity index (χ0v) is 21.8. The third kappa shape index (κ3) is 15.9. The molecule has 0 bridgehead atoms. The summed E-state index contributed by atoms with van der Waals surface area (Å²) in [5.74, 6) is 1.18. The molecule has 3 atom stereocenters. The molecule has 6 heteroatoms. The van der Waals surface area contributed by atoms with Gasteiger partial charge < -0.3 is 18.9 Å². The largest absolute Gasteiger partial charge is 0.508 e. The quantitative estimate of drug-likeness (QED) is 0.157. The average Bonchev–Trinajstić information content (AvgIpc) is 2.78. The van der Waals surface area contributed by atoms with Crippen molar-refractivity contribution < 1.29 is 28.5 Å². The molecule has 1 aliphatic rings. The van der Waals surface area contributed by atoms with E-state index in [1.807, 2.05) is 0 Å². The normalized spacial score (nSPS) is 19.2. The highest BCUT2D eigenvalue weighted by atomic mass is 16.7. The minimum Gasteiger partial charge on any atom is -0.434 e. The molecule has 0 aliphatic heterocycles. The lowest BCUT2D eigenvalue weighted by molar-refractivity contribution is -0.0374. The molecule has 33 heavy (non-hydrogen) atoms. The van der Waals surface area contributed by atoms with Gasteiger partial charge in [0, 0.05) is 6.42 Å². The first kappa shape index (κ1) is 29.6. The van der Waals surface area contributed by atoms with Gasteiger partial charge in [-0.3, -0.25) is 0 Å². The maximum absolute atomic E-state index is 12.1. The van der Waals surface area contributed by atoms with E-state index in [-0.39, 0.29) is 12.2 Å². The lowest BCUT2D eigenvalue weighted by Crippen LogP contribution is -2.32. The fourth-order valence-electron chi connectivity index (χ4n) is 4.26. The molecule has 1 rings (SSSR count). The fourth-order valence-corrected chi connectivity index (χ4v) is 4.26. The van der Waals surface area contributed by atoms with Crippen molar-refractivity contribution in [2.24, 2.45) is 11.8 Å². The van der Waals surface area contributed by atoms with Crippen LogP contribution < -0.4 is 0 Å². The summed E-state index contributed by atoms with van der Waals surface area (Å²) in [4.78, 5) is 24.1. The number of unbranched alkanes of at least 4 members (excludes halogenated alkanes) is 6. The first-order valence-corrected chi connectivity index (χ1v) is 13.6. The molecule has 0 aromatic rings. The van der Waals surface area contributed by atoms with Crippen LogP contribution in [0.25, 0.3) is 0 Å². The van der Waals surface area contributed by atoms with E-state index in [0.29, 0.717) is 25.6 Å². The zero-order chi connectivity index (χ0) is 24.3. The van der Waals surface area contributed by atoms with Gasteiger partial charge in [0.25, 0.3) is 0 Å². The van der Waals surface area contributed by atoms with E-state index in [0.717, 1.165) is 63.7 Å². The summed E-state index contributed by atoms with van der Waals surface area (Å²) in [5, 5.41) is 0. The summed E-state index contributed by atoms with van der Waals surface area (Å²) in [5.41, 5.74) is 0. The molecule has 1 fully saturated rings. The zero-order valence-electron chi connectivity index (χ0n) is 21.8. The molecule has 6 nitrogen and oxygen atoms in total. The summed E-state index contributed by atoms with van der Waals surface area (Å²) in [7, 11) is 0. The Morgan fingerprint density at radius 2 is 1.39 bits per heavy atom. The molecule has 0 heterocycles. The maximum atomic E-state index is 12.1. The van der Waals surface area contributed by atoms with Gasteiger partial charge in [-0.15, -0.1) is 0 Å². The molecule has 0 amide bonds. The van der Waals surface area contributed by atoms with Crippen LogP contribution in [-0.4, -0.2) is 37.7 Å². The molecule has 1 aliphatic carbocycles. The maximum Gasteiger partial charge on any atom is 0.508 e. The van der Waals surface area contributed by atoms with Crippen molar-refractivity contribution in [2.75, 3.05) is 13.2 Å². The number of hydrogen-bond donors (Lipinski definition) is 0. The van der Waals surface area contributed by atoms with Crippen LogP contribution in [0.15, 0.2) is 0 Å². The summed E-state index contributed by atoms with van der Waals surface area (Å²) in [6, 6.07) is 0. The van der Waals surface area contributed by atoms with Crippen LogP contribution in [0, 0.1) is 11.8 Å². The molecule has 0 radical (unpaired) electrons. The van der Waals surface area contributed by atoms with E-state index in [4.69, 9.17) is 18.9 Å². The summed E-state index contributed by atoms with van der Waals surface area (Å²) in [6.45, 7) is 9.63. The number of ether oxygens (including phenoxy) is 4. The van der Waals surface area contributed by atoms with Crippen molar-refractivity contribution in [1.82, 2.24) is 0 Å². The second-order valence-corrected chi connectivity index (χ2v) is 10.0. The second kappa shape index (κ2) is 18.9. The van der Waals surface area contributed by atoms with Gasteiger partial charge in [0.15, 0.2) is 0 Å². The van der Waals surface area contributed by atoms with Crippen LogP contribution in [0.4, 0.5) is 9.59 Å². The van der Waals surface area contributed by atoms with E-state index >= 15 is 0 Å². The first-order chi connectivity index (χ1) is 15.9. The van der Waals surface area contributed by atoms with Crippen LogP contribution in [0.5, 0.6) is 0 Å².